The minimum absolute atomic E-state index is 0.0455. The van der Waals surface area contributed by atoms with Gasteiger partial charge in [-0.3, -0.25) is 4.98 Å². The summed E-state index contributed by atoms with van der Waals surface area (Å²) in [5.41, 5.74) is 2.29. The van der Waals surface area contributed by atoms with Gasteiger partial charge in [0.25, 0.3) is 5.92 Å². The minimum atomic E-state index is -2.76. The Morgan fingerprint density at radius 3 is 2.71 bits per heavy atom. The van der Waals surface area contributed by atoms with Gasteiger partial charge in [-0.05, 0) is 48.4 Å². The van der Waals surface area contributed by atoms with Crippen LogP contribution in [0.4, 0.5) is 24.5 Å². The molecule has 2 aromatic carbocycles. The Labute approximate surface area is 176 Å². The highest BCUT2D eigenvalue weighted by Crippen LogP contribution is 2.41. The molecule has 4 rings (SSSR count). The molecule has 0 saturated carbocycles. The number of methoxy groups -OCH3 is 1. The number of hydrogen-bond donors (Lipinski definition) is 2. The molecule has 1 aliphatic carbocycles. The van der Waals surface area contributed by atoms with Gasteiger partial charge in [-0.2, -0.15) is 0 Å². The number of halogens is 3. The van der Waals surface area contributed by atoms with E-state index in [1.54, 1.807) is 18.3 Å². The van der Waals surface area contributed by atoms with Gasteiger partial charge in [0.2, 0.25) is 0 Å². The first-order chi connectivity index (χ1) is 14.8. The Hall–Kier alpha value is -3.55. The molecular weight excluding hydrogens is 409 g/mol. The highest BCUT2D eigenvalue weighted by Gasteiger charge is 2.32. The molecule has 0 atom stereocenters. The van der Waals surface area contributed by atoms with Gasteiger partial charge in [0, 0.05) is 30.0 Å². The average molecular weight is 428 g/mol. The Kier molecular flexibility index (Phi) is 5.31. The van der Waals surface area contributed by atoms with Crippen LogP contribution in [0.15, 0.2) is 48.7 Å². The molecule has 3 aromatic rings. The molecule has 0 aliphatic heterocycles. The topological polar surface area (TPSA) is 71.5 Å². The van der Waals surface area contributed by atoms with Gasteiger partial charge in [0.15, 0.2) is 0 Å². The van der Waals surface area contributed by atoms with E-state index in [1.807, 2.05) is 0 Å². The molecule has 160 valence electrons. The number of nitrogens with one attached hydrogen (secondary N) is 1. The Balaban J connectivity index is 1.89. The Bertz CT molecular complexity index is 1210. The highest BCUT2D eigenvalue weighted by atomic mass is 19.3. The van der Waals surface area contributed by atoms with Gasteiger partial charge in [-0.1, -0.05) is 6.08 Å². The van der Waals surface area contributed by atoms with Gasteiger partial charge in [0.1, 0.15) is 11.6 Å². The monoisotopic (exact) mass is 428 g/mol. The standard InChI is InChI=1S/C23H19F3N2O3/c1-31-15-3-5-20(17(11-15)22(29)30)28-21-16-10-14(24)2-4-19(16)27-12-18(21)13-6-8-23(25,26)9-7-13/h2-6,10-12H,7-9H2,1H3,(H,27,28)(H,29,30). The second-order valence-corrected chi connectivity index (χ2v) is 7.34. The van der Waals surface area contributed by atoms with Crippen molar-refractivity contribution in [3.05, 3.63) is 65.6 Å². The van der Waals surface area contributed by atoms with Gasteiger partial charge >= 0.3 is 5.97 Å². The summed E-state index contributed by atoms with van der Waals surface area (Å²) in [6, 6.07) is 8.58. The van der Waals surface area contributed by atoms with Crippen LogP contribution in [0.5, 0.6) is 5.75 Å². The van der Waals surface area contributed by atoms with Crippen LogP contribution in [0, 0.1) is 5.82 Å². The van der Waals surface area contributed by atoms with E-state index in [2.05, 4.69) is 10.3 Å². The molecule has 0 saturated heterocycles. The van der Waals surface area contributed by atoms with E-state index in [9.17, 15) is 23.1 Å². The fourth-order valence-electron chi connectivity index (χ4n) is 3.65. The molecular formula is C23H19F3N2O3. The number of pyridine rings is 1. The van der Waals surface area contributed by atoms with Crippen molar-refractivity contribution in [2.75, 3.05) is 12.4 Å². The third kappa shape index (κ3) is 4.19. The summed E-state index contributed by atoms with van der Waals surface area (Å²) in [4.78, 5) is 16.1. The first-order valence-electron chi connectivity index (χ1n) is 9.61. The summed E-state index contributed by atoms with van der Waals surface area (Å²) >= 11 is 0. The zero-order valence-electron chi connectivity index (χ0n) is 16.6. The van der Waals surface area contributed by atoms with Gasteiger partial charge in [0.05, 0.1) is 29.6 Å². The molecule has 1 heterocycles. The van der Waals surface area contributed by atoms with Crippen LogP contribution in [0.3, 0.4) is 0 Å². The van der Waals surface area contributed by atoms with Crippen molar-refractivity contribution in [2.24, 2.45) is 0 Å². The number of anilines is 2. The number of aromatic carboxylic acids is 1. The van der Waals surface area contributed by atoms with Crippen molar-refractivity contribution in [3.8, 4) is 5.75 Å². The maximum absolute atomic E-state index is 14.1. The number of aromatic nitrogens is 1. The maximum Gasteiger partial charge on any atom is 0.337 e. The third-order valence-electron chi connectivity index (χ3n) is 5.30. The number of benzene rings is 2. The van der Waals surface area contributed by atoms with Crippen LogP contribution >= 0.6 is 0 Å². The first kappa shape index (κ1) is 20.7. The summed E-state index contributed by atoms with van der Waals surface area (Å²) < 4.78 is 46.5. The summed E-state index contributed by atoms with van der Waals surface area (Å²) in [5.74, 6) is -4.07. The predicted molar refractivity (Wildman–Crippen MR) is 112 cm³/mol. The highest BCUT2D eigenvalue weighted by molar-refractivity contribution is 6.02. The number of alkyl halides is 2. The molecule has 0 bridgehead atoms. The molecule has 1 aromatic heterocycles. The number of carbonyl (C=O) groups is 1. The van der Waals surface area contributed by atoms with E-state index in [4.69, 9.17) is 4.74 Å². The quantitative estimate of drug-likeness (QED) is 0.519. The second kappa shape index (κ2) is 7.94. The van der Waals surface area contributed by atoms with E-state index in [-0.39, 0.29) is 24.1 Å². The largest absolute Gasteiger partial charge is 0.497 e. The van der Waals surface area contributed by atoms with Crippen molar-refractivity contribution in [1.82, 2.24) is 4.98 Å². The normalized spacial score (nSPS) is 15.4. The minimum Gasteiger partial charge on any atom is -0.497 e. The molecule has 2 N–H and O–H groups in total. The van der Waals surface area contributed by atoms with Gasteiger partial charge in [-0.15, -0.1) is 0 Å². The lowest BCUT2D eigenvalue weighted by Gasteiger charge is -2.24. The number of rotatable bonds is 5. The summed E-state index contributed by atoms with van der Waals surface area (Å²) in [7, 11) is 1.43. The van der Waals surface area contributed by atoms with E-state index in [1.165, 1.54) is 37.5 Å². The number of carboxylic acid groups (broad SMARTS) is 1. The van der Waals surface area contributed by atoms with Crippen molar-refractivity contribution < 1.29 is 27.8 Å². The van der Waals surface area contributed by atoms with Crippen molar-refractivity contribution in [1.29, 1.82) is 0 Å². The molecule has 31 heavy (non-hydrogen) atoms. The molecule has 0 fully saturated rings. The number of allylic oxidation sites excluding steroid dienone is 2. The SMILES string of the molecule is COc1ccc(Nc2c(C3=CCC(F)(F)CC3)cnc3ccc(F)cc23)c(C(=O)O)c1. The van der Waals surface area contributed by atoms with Gasteiger partial charge < -0.3 is 15.2 Å². The number of ether oxygens (including phenoxy) is 1. The van der Waals surface area contributed by atoms with Crippen LogP contribution in [-0.4, -0.2) is 29.1 Å². The van der Waals surface area contributed by atoms with Crippen molar-refractivity contribution in [2.45, 2.75) is 25.2 Å². The van der Waals surface area contributed by atoms with Crippen LogP contribution in [-0.2, 0) is 0 Å². The van der Waals surface area contributed by atoms with E-state index in [0.29, 0.717) is 33.5 Å². The average Bonchev–Trinajstić information content (AvgIpc) is 2.74. The molecule has 8 heteroatoms. The van der Waals surface area contributed by atoms with Crippen LogP contribution in [0.2, 0.25) is 0 Å². The van der Waals surface area contributed by atoms with Crippen LogP contribution in [0.25, 0.3) is 16.5 Å². The van der Waals surface area contributed by atoms with E-state index in [0.717, 1.165) is 0 Å². The fourth-order valence-corrected chi connectivity index (χ4v) is 3.65. The zero-order chi connectivity index (χ0) is 22.2. The Morgan fingerprint density at radius 1 is 1.23 bits per heavy atom. The van der Waals surface area contributed by atoms with E-state index >= 15 is 0 Å². The predicted octanol–water partition coefficient (Wildman–Crippen LogP) is 6.03. The summed E-state index contributed by atoms with van der Waals surface area (Å²) in [6.07, 6.45) is 2.43. The fraction of sp³-hybridized carbons (Fsp3) is 0.217. The molecule has 0 amide bonds. The smallest absolute Gasteiger partial charge is 0.337 e. The maximum atomic E-state index is 14.1. The summed E-state index contributed by atoms with van der Waals surface area (Å²) in [5, 5.41) is 13.1. The van der Waals surface area contributed by atoms with Crippen molar-refractivity contribution >= 4 is 33.8 Å². The molecule has 0 unspecified atom stereocenters. The first-order valence-corrected chi connectivity index (χ1v) is 9.61. The second-order valence-electron chi connectivity index (χ2n) is 7.34. The lowest BCUT2D eigenvalue weighted by atomic mass is 9.90. The van der Waals surface area contributed by atoms with Crippen molar-refractivity contribution in [3.63, 3.8) is 0 Å². The molecule has 1 aliphatic rings. The Morgan fingerprint density at radius 2 is 2.03 bits per heavy atom. The third-order valence-corrected chi connectivity index (χ3v) is 5.30. The molecule has 0 spiro atoms. The van der Waals surface area contributed by atoms with Gasteiger partial charge in [-0.25, -0.2) is 18.0 Å². The number of carboxylic acids is 1. The van der Waals surface area contributed by atoms with Crippen LogP contribution in [0.1, 0.15) is 35.2 Å². The zero-order valence-corrected chi connectivity index (χ0v) is 16.6. The summed E-state index contributed by atoms with van der Waals surface area (Å²) in [6.45, 7) is 0. The number of nitrogens with zero attached hydrogens (tertiary/aromatic N) is 1. The van der Waals surface area contributed by atoms with E-state index < -0.39 is 24.1 Å². The molecule has 5 nitrogen and oxygen atoms in total. The lowest BCUT2D eigenvalue weighted by molar-refractivity contribution is -0.00603. The lowest BCUT2D eigenvalue weighted by Crippen LogP contribution is -2.18. The number of fused-ring (bicyclic) bond motifs is 1. The number of hydrogen-bond acceptors (Lipinski definition) is 4. The van der Waals surface area contributed by atoms with Crippen LogP contribution < -0.4 is 10.1 Å². The molecule has 0 radical (unpaired) electrons.